The lowest BCUT2D eigenvalue weighted by Gasteiger charge is -2.00. The van der Waals surface area contributed by atoms with Crippen LogP contribution in [0.2, 0.25) is 5.02 Å². The summed E-state index contributed by atoms with van der Waals surface area (Å²) in [4.78, 5) is 18.1. The molecule has 0 spiro atoms. The molecule has 7 heteroatoms. The number of hydrogen-bond donors (Lipinski definition) is 0. The number of rotatable bonds is 1. The van der Waals surface area contributed by atoms with Crippen LogP contribution in [0.5, 0.6) is 11.5 Å². The molecule has 0 bridgehead atoms. The zero-order valence-electron chi connectivity index (χ0n) is 13.1. The lowest BCUT2D eigenvalue weighted by Crippen LogP contribution is -2.22. The minimum atomic E-state index is -0.0955. The highest BCUT2D eigenvalue weighted by Gasteiger charge is 2.17. The molecule has 5 nitrogen and oxygen atoms in total. The summed E-state index contributed by atoms with van der Waals surface area (Å²) in [5.74, 6) is 1.25. The summed E-state index contributed by atoms with van der Waals surface area (Å²) in [7, 11) is 0. The van der Waals surface area contributed by atoms with E-state index in [1.165, 1.54) is 11.3 Å². The molecule has 124 valence electrons. The van der Waals surface area contributed by atoms with E-state index in [1.807, 2.05) is 25.1 Å². The Morgan fingerprint density at radius 3 is 2.92 bits per heavy atom. The van der Waals surface area contributed by atoms with Gasteiger partial charge in [0.25, 0.3) is 5.56 Å². The van der Waals surface area contributed by atoms with Crippen molar-refractivity contribution in [1.29, 1.82) is 0 Å². The maximum Gasteiger partial charge on any atom is 0.274 e. The van der Waals surface area contributed by atoms with Gasteiger partial charge in [0, 0.05) is 6.07 Å². The van der Waals surface area contributed by atoms with Crippen molar-refractivity contribution in [2.75, 3.05) is 6.79 Å². The van der Waals surface area contributed by atoms with Crippen molar-refractivity contribution in [3.63, 3.8) is 0 Å². The van der Waals surface area contributed by atoms with Gasteiger partial charge in [0.05, 0.1) is 20.6 Å². The molecule has 1 aliphatic rings. The average molecular weight is 371 g/mol. The number of halogens is 1. The molecule has 0 unspecified atom stereocenters. The van der Waals surface area contributed by atoms with Crippen molar-refractivity contribution in [3.05, 3.63) is 61.4 Å². The summed E-state index contributed by atoms with van der Waals surface area (Å²) in [5, 5.41) is 0.510. The molecule has 0 aliphatic carbocycles. The van der Waals surface area contributed by atoms with Gasteiger partial charge in [-0.2, -0.15) is 0 Å². The number of ether oxygens (including phenoxy) is 2. The van der Waals surface area contributed by atoms with Crippen molar-refractivity contribution in [3.8, 4) is 11.5 Å². The second-order valence-corrected chi connectivity index (χ2v) is 7.23. The van der Waals surface area contributed by atoms with Crippen LogP contribution in [0.1, 0.15) is 11.1 Å². The number of aromatic nitrogens is 2. The molecule has 0 atom stereocenters. The average Bonchev–Trinajstić information content (AvgIpc) is 3.25. The molecular formula is C18H11ClN2O3S. The Balaban J connectivity index is 1.77. The largest absolute Gasteiger partial charge is 0.454 e. The van der Waals surface area contributed by atoms with Gasteiger partial charge in [-0.25, -0.2) is 9.38 Å². The monoisotopic (exact) mass is 370 g/mol. The van der Waals surface area contributed by atoms with Gasteiger partial charge in [-0.1, -0.05) is 35.1 Å². The van der Waals surface area contributed by atoms with E-state index in [1.54, 1.807) is 22.6 Å². The van der Waals surface area contributed by atoms with Gasteiger partial charge in [-0.05, 0) is 36.3 Å². The molecule has 0 radical (unpaired) electrons. The van der Waals surface area contributed by atoms with Crippen LogP contribution in [-0.4, -0.2) is 16.2 Å². The third-order valence-corrected chi connectivity index (χ3v) is 5.55. The lowest BCUT2D eigenvalue weighted by atomic mass is 10.2. The maximum absolute atomic E-state index is 12.9. The molecule has 0 saturated heterocycles. The van der Waals surface area contributed by atoms with E-state index in [4.69, 9.17) is 21.1 Å². The van der Waals surface area contributed by atoms with Crippen molar-refractivity contribution in [2.24, 2.45) is 0 Å². The van der Waals surface area contributed by atoms with Crippen LogP contribution in [0, 0.1) is 6.92 Å². The Kier molecular flexibility index (Phi) is 3.07. The number of aryl methyl sites for hydroxylation is 1. The Labute approximate surface area is 150 Å². The highest BCUT2D eigenvalue weighted by molar-refractivity contribution is 7.15. The number of thiazole rings is 1. The minimum Gasteiger partial charge on any atom is -0.454 e. The van der Waals surface area contributed by atoms with E-state index in [2.05, 4.69) is 4.98 Å². The number of imidazole rings is 1. The quantitative estimate of drug-likeness (QED) is 0.516. The Hall–Kier alpha value is -2.57. The summed E-state index contributed by atoms with van der Waals surface area (Å²) in [6.07, 6.45) is 1.77. The topological polar surface area (TPSA) is 52.8 Å². The van der Waals surface area contributed by atoms with Crippen molar-refractivity contribution < 1.29 is 9.47 Å². The Bertz CT molecular complexity index is 1280. The highest BCUT2D eigenvalue weighted by Crippen LogP contribution is 2.37. The molecule has 0 N–H and O–H groups in total. The fraction of sp³-hybridized carbons (Fsp3) is 0.111. The highest BCUT2D eigenvalue weighted by atomic mass is 35.5. The predicted molar refractivity (Wildman–Crippen MR) is 97.9 cm³/mol. The van der Waals surface area contributed by atoms with E-state index < -0.39 is 0 Å². The third kappa shape index (κ3) is 2.14. The first-order valence-electron chi connectivity index (χ1n) is 7.63. The van der Waals surface area contributed by atoms with E-state index in [0.717, 1.165) is 16.6 Å². The first kappa shape index (κ1) is 14.7. The zero-order chi connectivity index (χ0) is 17.1. The van der Waals surface area contributed by atoms with Crippen LogP contribution < -0.4 is 19.6 Å². The van der Waals surface area contributed by atoms with E-state index in [0.29, 0.717) is 31.6 Å². The third-order valence-electron chi connectivity index (χ3n) is 4.25. The van der Waals surface area contributed by atoms with Crippen molar-refractivity contribution in [1.82, 2.24) is 9.38 Å². The van der Waals surface area contributed by atoms with Gasteiger partial charge in [-0.15, -0.1) is 0 Å². The number of nitrogens with zero attached hydrogens (tertiary/aromatic N) is 2. The van der Waals surface area contributed by atoms with Gasteiger partial charge in [0.2, 0.25) is 6.79 Å². The number of hydrogen-bond acceptors (Lipinski definition) is 5. The second-order valence-electron chi connectivity index (χ2n) is 5.82. The molecule has 25 heavy (non-hydrogen) atoms. The van der Waals surface area contributed by atoms with E-state index >= 15 is 0 Å². The SMILES string of the molecule is Cc1cccc2c1nc1s/c(=C/c3cc4c(cc3Cl)OCO4)c(=O)n12. The standard InChI is InChI=1S/C18H11ClN2O3S/c1-9-3-2-4-12-16(9)20-18-21(12)17(22)15(25-18)6-10-5-13-14(7-11(10)19)24-8-23-13/h2-7H,8H2,1H3/b15-6+. The van der Waals surface area contributed by atoms with Gasteiger partial charge >= 0.3 is 0 Å². The van der Waals surface area contributed by atoms with E-state index in [9.17, 15) is 4.79 Å². The summed E-state index contributed by atoms with van der Waals surface area (Å²) in [6.45, 7) is 2.17. The van der Waals surface area contributed by atoms with E-state index in [-0.39, 0.29) is 12.4 Å². The van der Waals surface area contributed by atoms with Crippen molar-refractivity contribution in [2.45, 2.75) is 6.92 Å². The van der Waals surface area contributed by atoms with Crippen LogP contribution in [0.4, 0.5) is 0 Å². The normalized spacial score (nSPS) is 14.1. The van der Waals surface area contributed by atoms with Crippen LogP contribution in [0.25, 0.3) is 22.1 Å². The number of fused-ring (bicyclic) bond motifs is 4. The fourth-order valence-corrected chi connectivity index (χ4v) is 4.19. The maximum atomic E-state index is 12.9. The molecule has 4 aromatic rings. The molecule has 5 rings (SSSR count). The fourth-order valence-electron chi connectivity index (χ4n) is 3.01. The molecule has 3 heterocycles. The molecular weight excluding hydrogens is 360 g/mol. The summed E-state index contributed by atoms with van der Waals surface area (Å²) in [5.41, 5.74) is 3.36. The van der Waals surface area contributed by atoms with Gasteiger partial charge < -0.3 is 9.47 Å². The van der Waals surface area contributed by atoms with Crippen molar-refractivity contribution >= 4 is 45.0 Å². The molecule has 1 aliphatic heterocycles. The Morgan fingerprint density at radius 1 is 1.28 bits per heavy atom. The van der Waals surface area contributed by atoms with Gasteiger partial charge in [0.15, 0.2) is 16.5 Å². The van der Waals surface area contributed by atoms with Crippen LogP contribution in [-0.2, 0) is 0 Å². The lowest BCUT2D eigenvalue weighted by molar-refractivity contribution is 0.174. The first-order valence-corrected chi connectivity index (χ1v) is 8.83. The zero-order valence-corrected chi connectivity index (χ0v) is 14.6. The second kappa shape index (κ2) is 5.21. The Morgan fingerprint density at radius 2 is 2.08 bits per heavy atom. The van der Waals surface area contributed by atoms with Crippen LogP contribution in [0.3, 0.4) is 0 Å². The molecule has 2 aromatic heterocycles. The number of benzene rings is 2. The first-order chi connectivity index (χ1) is 12.1. The predicted octanol–water partition coefficient (Wildman–Crippen LogP) is 3.15. The van der Waals surface area contributed by atoms with Gasteiger partial charge in [-0.3, -0.25) is 4.79 Å². The molecule has 2 aromatic carbocycles. The summed E-state index contributed by atoms with van der Waals surface area (Å²) in [6, 6.07) is 9.32. The number of para-hydroxylation sites is 1. The van der Waals surface area contributed by atoms with Crippen LogP contribution in [0.15, 0.2) is 35.1 Å². The summed E-state index contributed by atoms with van der Waals surface area (Å²) >= 11 is 7.66. The molecule has 0 saturated carbocycles. The van der Waals surface area contributed by atoms with Crippen LogP contribution >= 0.6 is 22.9 Å². The summed E-state index contributed by atoms with van der Waals surface area (Å²) < 4.78 is 12.9. The molecule has 0 amide bonds. The van der Waals surface area contributed by atoms with Gasteiger partial charge in [0.1, 0.15) is 0 Å². The smallest absolute Gasteiger partial charge is 0.274 e. The molecule has 0 fully saturated rings. The minimum absolute atomic E-state index is 0.0955.